The summed E-state index contributed by atoms with van der Waals surface area (Å²) in [4.78, 5) is 14.1. The van der Waals surface area contributed by atoms with E-state index in [1.54, 1.807) is 24.3 Å². The normalized spacial score (nSPS) is 28.8. The van der Waals surface area contributed by atoms with Crippen LogP contribution >= 0.6 is 0 Å². The van der Waals surface area contributed by atoms with Crippen LogP contribution in [0.3, 0.4) is 0 Å². The zero-order valence-corrected chi connectivity index (χ0v) is 13.2. The van der Waals surface area contributed by atoms with Crippen LogP contribution < -0.4 is 0 Å². The van der Waals surface area contributed by atoms with Crippen molar-refractivity contribution >= 4 is 5.97 Å². The third-order valence-corrected chi connectivity index (χ3v) is 5.12. The van der Waals surface area contributed by atoms with Crippen LogP contribution in [0, 0.1) is 5.92 Å². The van der Waals surface area contributed by atoms with Gasteiger partial charge in [0.05, 0.1) is 0 Å². The molecule has 2 rings (SSSR count). The van der Waals surface area contributed by atoms with Crippen LogP contribution in [0.4, 0.5) is 0 Å². The number of hydrogen-bond acceptors (Lipinski definition) is 3. The number of likely N-dealkylation sites (tertiary alicyclic amines) is 1. The third-order valence-electron chi connectivity index (χ3n) is 5.12. The number of nitrogens with zero attached hydrogens (tertiary/aromatic N) is 1. The minimum absolute atomic E-state index is 0.138. The molecular weight excluding hydrogens is 266 g/mol. The van der Waals surface area contributed by atoms with Gasteiger partial charge in [-0.25, -0.2) is 4.79 Å². The van der Waals surface area contributed by atoms with E-state index in [0.717, 1.165) is 0 Å². The van der Waals surface area contributed by atoms with Gasteiger partial charge in [-0.05, 0) is 46.2 Å². The Balaban J connectivity index is 2.42. The molecule has 1 saturated heterocycles. The van der Waals surface area contributed by atoms with Gasteiger partial charge in [-0.1, -0.05) is 30.3 Å². The number of carbonyl (C=O) groups is 1. The van der Waals surface area contributed by atoms with Gasteiger partial charge < -0.3 is 10.2 Å². The quantitative estimate of drug-likeness (QED) is 0.898. The highest BCUT2D eigenvalue weighted by molar-refractivity contribution is 5.79. The van der Waals surface area contributed by atoms with Crippen LogP contribution in [-0.2, 0) is 10.4 Å². The summed E-state index contributed by atoms with van der Waals surface area (Å²) in [5, 5.41) is 20.7. The number of rotatable bonds is 3. The van der Waals surface area contributed by atoms with Crippen molar-refractivity contribution in [2.45, 2.75) is 50.8 Å². The number of carboxylic acid groups (broad SMARTS) is 1. The van der Waals surface area contributed by atoms with Crippen molar-refractivity contribution in [2.24, 2.45) is 5.92 Å². The molecule has 0 bridgehead atoms. The number of aliphatic carboxylic acids is 1. The Morgan fingerprint density at radius 3 is 2.38 bits per heavy atom. The average Bonchev–Trinajstić information content (AvgIpc) is 2.44. The number of aliphatic hydroxyl groups is 1. The van der Waals surface area contributed by atoms with Crippen molar-refractivity contribution in [1.82, 2.24) is 4.90 Å². The van der Waals surface area contributed by atoms with Crippen molar-refractivity contribution in [2.75, 3.05) is 7.05 Å². The molecule has 0 amide bonds. The smallest absolute Gasteiger partial charge is 0.340 e. The topological polar surface area (TPSA) is 60.8 Å². The molecule has 116 valence electrons. The standard InChI is InChI=1S/C17H25NO3/c1-12-10-14(11-16(2,3)18(12)4)17(21,15(19)20)13-8-6-5-7-9-13/h5-9,12,14,21H,10-11H2,1-4H3,(H,19,20). The zero-order chi connectivity index (χ0) is 15.8. The minimum Gasteiger partial charge on any atom is -0.479 e. The van der Waals surface area contributed by atoms with E-state index in [4.69, 9.17) is 0 Å². The molecule has 4 heteroatoms. The summed E-state index contributed by atoms with van der Waals surface area (Å²) in [6.45, 7) is 6.28. The molecule has 1 aliphatic rings. The third kappa shape index (κ3) is 2.70. The van der Waals surface area contributed by atoms with Crippen molar-refractivity contribution in [3.8, 4) is 0 Å². The van der Waals surface area contributed by atoms with Crippen molar-refractivity contribution < 1.29 is 15.0 Å². The predicted octanol–water partition coefficient (Wildman–Crippen LogP) is 2.47. The molecule has 0 spiro atoms. The molecule has 0 aliphatic carbocycles. The Morgan fingerprint density at radius 1 is 1.33 bits per heavy atom. The molecule has 0 saturated carbocycles. The number of carboxylic acids is 1. The summed E-state index contributed by atoms with van der Waals surface area (Å²) < 4.78 is 0. The van der Waals surface area contributed by atoms with E-state index in [2.05, 4.69) is 32.7 Å². The predicted molar refractivity (Wildman–Crippen MR) is 82.0 cm³/mol. The van der Waals surface area contributed by atoms with Gasteiger partial charge in [0.1, 0.15) is 0 Å². The fourth-order valence-electron chi connectivity index (χ4n) is 3.54. The molecule has 0 radical (unpaired) electrons. The molecule has 1 aromatic carbocycles. The van der Waals surface area contributed by atoms with Gasteiger partial charge in [-0.3, -0.25) is 4.90 Å². The first-order valence-electron chi connectivity index (χ1n) is 7.44. The molecule has 21 heavy (non-hydrogen) atoms. The maximum Gasteiger partial charge on any atom is 0.340 e. The van der Waals surface area contributed by atoms with E-state index in [-0.39, 0.29) is 17.5 Å². The second kappa shape index (κ2) is 5.43. The fourth-order valence-corrected chi connectivity index (χ4v) is 3.54. The lowest BCUT2D eigenvalue weighted by molar-refractivity contribution is -0.173. The Kier molecular flexibility index (Phi) is 4.13. The number of hydrogen-bond donors (Lipinski definition) is 2. The molecule has 3 unspecified atom stereocenters. The van der Waals surface area contributed by atoms with Gasteiger partial charge in [0.15, 0.2) is 5.60 Å². The van der Waals surface area contributed by atoms with Gasteiger partial charge in [0.25, 0.3) is 0 Å². The summed E-state index contributed by atoms with van der Waals surface area (Å²) in [7, 11) is 2.06. The molecular formula is C17H25NO3. The van der Waals surface area contributed by atoms with Crippen LogP contribution in [0.5, 0.6) is 0 Å². The SMILES string of the molecule is CC1CC(C(O)(C(=O)O)c2ccccc2)CC(C)(C)N1C. The second-order valence-electron chi connectivity index (χ2n) is 6.85. The molecule has 1 heterocycles. The first kappa shape index (κ1) is 16.0. The van der Waals surface area contributed by atoms with E-state index >= 15 is 0 Å². The highest BCUT2D eigenvalue weighted by atomic mass is 16.4. The number of benzene rings is 1. The maximum absolute atomic E-state index is 11.9. The lowest BCUT2D eigenvalue weighted by Crippen LogP contribution is -2.57. The van der Waals surface area contributed by atoms with Crippen LogP contribution in [0.1, 0.15) is 39.2 Å². The first-order valence-corrected chi connectivity index (χ1v) is 7.44. The second-order valence-corrected chi connectivity index (χ2v) is 6.85. The molecule has 0 aromatic heterocycles. The average molecular weight is 291 g/mol. The van der Waals surface area contributed by atoms with Crippen LogP contribution in [0.25, 0.3) is 0 Å². The summed E-state index contributed by atoms with van der Waals surface area (Å²) in [5.41, 5.74) is -1.50. The van der Waals surface area contributed by atoms with E-state index in [0.29, 0.717) is 18.4 Å². The van der Waals surface area contributed by atoms with E-state index in [1.807, 2.05) is 6.07 Å². The van der Waals surface area contributed by atoms with Gasteiger partial charge in [-0.15, -0.1) is 0 Å². The molecule has 1 aromatic rings. The van der Waals surface area contributed by atoms with E-state index < -0.39 is 11.6 Å². The van der Waals surface area contributed by atoms with Crippen LogP contribution in [0.15, 0.2) is 30.3 Å². The molecule has 4 nitrogen and oxygen atoms in total. The maximum atomic E-state index is 11.9. The highest BCUT2D eigenvalue weighted by Gasteiger charge is 2.51. The Labute approximate surface area is 126 Å². The monoisotopic (exact) mass is 291 g/mol. The largest absolute Gasteiger partial charge is 0.479 e. The van der Waals surface area contributed by atoms with Crippen LogP contribution in [-0.4, -0.2) is 39.7 Å². The van der Waals surface area contributed by atoms with Crippen molar-refractivity contribution in [1.29, 1.82) is 0 Å². The summed E-state index contributed by atoms with van der Waals surface area (Å²) in [5.74, 6) is -1.47. The molecule has 3 atom stereocenters. The Morgan fingerprint density at radius 2 is 1.90 bits per heavy atom. The minimum atomic E-state index is -1.83. The van der Waals surface area contributed by atoms with E-state index in [9.17, 15) is 15.0 Å². The Hall–Kier alpha value is -1.39. The van der Waals surface area contributed by atoms with E-state index in [1.165, 1.54) is 0 Å². The zero-order valence-electron chi connectivity index (χ0n) is 13.2. The van der Waals surface area contributed by atoms with Gasteiger partial charge in [0, 0.05) is 17.5 Å². The number of piperidine rings is 1. The summed E-state index contributed by atoms with van der Waals surface area (Å²) in [6.07, 6.45) is 1.31. The summed E-state index contributed by atoms with van der Waals surface area (Å²) in [6, 6.07) is 8.99. The molecule has 2 N–H and O–H groups in total. The summed E-state index contributed by atoms with van der Waals surface area (Å²) >= 11 is 0. The Bertz CT molecular complexity index is 514. The molecule has 1 fully saturated rings. The fraction of sp³-hybridized carbons (Fsp3) is 0.588. The van der Waals surface area contributed by atoms with Gasteiger partial charge in [-0.2, -0.15) is 0 Å². The van der Waals surface area contributed by atoms with Crippen molar-refractivity contribution in [3.63, 3.8) is 0 Å². The van der Waals surface area contributed by atoms with Crippen molar-refractivity contribution in [3.05, 3.63) is 35.9 Å². The van der Waals surface area contributed by atoms with Gasteiger partial charge >= 0.3 is 5.97 Å². The lowest BCUT2D eigenvalue weighted by Gasteiger charge is -2.50. The van der Waals surface area contributed by atoms with Gasteiger partial charge in [0.2, 0.25) is 0 Å². The lowest BCUT2D eigenvalue weighted by atomic mass is 9.69. The highest BCUT2D eigenvalue weighted by Crippen LogP contribution is 2.43. The molecule has 1 aliphatic heterocycles. The first-order chi connectivity index (χ1) is 9.69. The van der Waals surface area contributed by atoms with Crippen LogP contribution in [0.2, 0.25) is 0 Å².